The van der Waals surface area contributed by atoms with Crippen molar-refractivity contribution in [3.8, 4) is 34.1 Å². The highest BCUT2D eigenvalue weighted by Crippen LogP contribution is 2.50. The first-order valence-electron chi connectivity index (χ1n) is 8.54. The minimum absolute atomic E-state index is 0.518. The molecule has 0 aromatic heterocycles. The van der Waals surface area contributed by atoms with Gasteiger partial charge in [0.15, 0.2) is 11.5 Å². The van der Waals surface area contributed by atoms with Gasteiger partial charge in [0.05, 0.1) is 26.4 Å². The van der Waals surface area contributed by atoms with Crippen molar-refractivity contribution in [3.63, 3.8) is 0 Å². The molecule has 0 N–H and O–H groups in total. The van der Waals surface area contributed by atoms with Crippen LogP contribution in [0.1, 0.15) is 27.7 Å². The van der Waals surface area contributed by atoms with Crippen molar-refractivity contribution in [1.29, 1.82) is 0 Å². The van der Waals surface area contributed by atoms with Gasteiger partial charge in [0.1, 0.15) is 0 Å². The lowest BCUT2D eigenvalue weighted by atomic mass is 10.0. The summed E-state index contributed by atoms with van der Waals surface area (Å²) in [6.45, 7) is 9.93. The fourth-order valence-corrected chi connectivity index (χ4v) is 2.54. The van der Waals surface area contributed by atoms with Gasteiger partial charge in [-0.3, -0.25) is 0 Å². The quantitative estimate of drug-likeness (QED) is 0.652. The molecule has 0 aliphatic rings. The summed E-state index contributed by atoms with van der Waals surface area (Å²) in [6.07, 6.45) is 0. The summed E-state index contributed by atoms with van der Waals surface area (Å²) in [5.41, 5.74) is 1.98. The van der Waals surface area contributed by atoms with Crippen molar-refractivity contribution in [2.45, 2.75) is 27.7 Å². The molecule has 0 unspecified atom stereocenters. The van der Waals surface area contributed by atoms with Crippen LogP contribution in [0.15, 0.2) is 36.4 Å². The first kappa shape index (κ1) is 18.0. The summed E-state index contributed by atoms with van der Waals surface area (Å²) < 4.78 is 23.5. The Kier molecular flexibility index (Phi) is 6.79. The fourth-order valence-electron chi connectivity index (χ4n) is 2.54. The predicted octanol–water partition coefficient (Wildman–Crippen LogP) is 4.95. The summed E-state index contributed by atoms with van der Waals surface area (Å²) in [4.78, 5) is 0. The Bertz CT molecular complexity index is 638. The fraction of sp³-hybridized carbons (Fsp3) is 0.400. The van der Waals surface area contributed by atoms with E-state index in [0.29, 0.717) is 49.4 Å². The standard InChI is InChI=1S/C20H26O4/c1-5-21-17-14-16(15-12-10-9-11-13-15)18(22-6-2)20(24-8-4)19(17)23-7-3/h9-14H,5-8H2,1-4H3. The molecule has 0 fully saturated rings. The summed E-state index contributed by atoms with van der Waals surface area (Å²) in [6, 6.07) is 12.1. The lowest BCUT2D eigenvalue weighted by Gasteiger charge is -2.21. The van der Waals surface area contributed by atoms with Crippen molar-refractivity contribution in [2.75, 3.05) is 26.4 Å². The second-order valence-corrected chi connectivity index (χ2v) is 5.01. The molecule has 2 aromatic carbocycles. The molecule has 0 atom stereocenters. The van der Waals surface area contributed by atoms with Crippen LogP contribution in [0.5, 0.6) is 23.0 Å². The molecule has 0 saturated heterocycles. The molecular weight excluding hydrogens is 304 g/mol. The Morgan fingerprint density at radius 2 is 1.17 bits per heavy atom. The van der Waals surface area contributed by atoms with E-state index in [9.17, 15) is 0 Å². The molecule has 0 heterocycles. The molecule has 130 valence electrons. The Labute approximate surface area is 144 Å². The number of rotatable bonds is 9. The Balaban J connectivity index is 2.72. The lowest BCUT2D eigenvalue weighted by Crippen LogP contribution is -2.06. The highest BCUT2D eigenvalue weighted by Gasteiger charge is 2.23. The first-order valence-corrected chi connectivity index (χ1v) is 8.54. The largest absolute Gasteiger partial charge is 0.490 e. The third-order valence-corrected chi connectivity index (χ3v) is 3.41. The van der Waals surface area contributed by atoms with Crippen LogP contribution in [0.2, 0.25) is 0 Å². The molecule has 0 radical (unpaired) electrons. The van der Waals surface area contributed by atoms with Crippen LogP contribution in [-0.2, 0) is 0 Å². The minimum atomic E-state index is 0.518. The van der Waals surface area contributed by atoms with Gasteiger partial charge in [0.2, 0.25) is 11.5 Å². The monoisotopic (exact) mass is 330 g/mol. The zero-order valence-electron chi connectivity index (χ0n) is 14.9. The molecule has 0 saturated carbocycles. The van der Waals surface area contributed by atoms with Crippen LogP contribution in [0.4, 0.5) is 0 Å². The van der Waals surface area contributed by atoms with Crippen molar-refractivity contribution >= 4 is 0 Å². The normalized spacial score (nSPS) is 10.3. The molecule has 0 bridgehead atoms. The van der Waals surface area contributed by atoms with Gasteiger partial charge in [-0.25, -0.2) is 0 Å². The summed E-state index contributed by atoms with van der Waals surface area (Å²) in [5, 5.41) is 0. The van der Waals surface area contributed by atoms with Crippen LogP contribution in [-0.4, -0.2) is 26.4 Å². The highest BCUT2D eigenvalue weighted by atomic mass is 16.6. The SMILES string of the molecule is CCOc1cc(-c2ccccc2)c(OCC)c(OCC)c1OCC. The van der Waals surface area contributed by atoms with Crippen molar-refractivity contribution in [1.82, 2.24) is 0 Å². The molecule has 0 amide bonds. The second-order valence-electron chi connectivity index (χ2n) is 5.01. The average molecular weight is 330 g/mol. The van der Waals surface area contributed by atoms with Crippen LogP contribution in [0, 0.1) is 0 Å². The first-order chi connectivity index (χ1) is 11.8. The van der Waals surface area contributed by atoms with E-state index in [2.05, 4.69) is 0 Å². The van der Waals surface area contributed by atoms with Crippen LogP contribution in [0.25, 0.3) is 11.1 Å². The van der Waals surface area contributed by atoms with E-state index < -0.39 is 0 Å². The van der Waals surface area contributed by atoms with Gasteiger partial charge >= 0.3 is 0 Å². The maximum absolute atomic E-state index is 5.93. The number of benzene rings is 2. The van der Waals surface area contributed by atoms with E-state index in [-0.39, 0.29) is 0 Å². The van der Waals surface area contributed by atoms with E-state index in [1.165, 1.54) is 0 Å². The van der Waals surface area contributed by atoms with Gasteiger partial charge in [-0.05, 0) is 39.3 Å². The van der Waals surface area contributed by atoms with Gasteiger partial charge in [0, 0.05) is 5.56 Å². The number of hydrogen-bond donors (Lipinski definition) is 0. The Morgan fingerprint density at radius 3 is 1.75 bits per heavy atom. The second kappa shape index (κ2) is 9.06. The molecular formula is C20H26O4. The summed E-state index contributed by atoms with van der Waals surface area (Å²) in [5.74, 6) is 2.57. The number of hydrogen-bond acceptors (Lipinski definition) is 4. The molecule has 0 aliphatic carbocycles. The van der Waals surface area contributed by atoms with E-state index >= 15 is 0 Å². The van der Waals surface area contributed by atoms with Crippen molar-refractivity contribution in [3.05, 3.63) is 36.4 Å². The van der Waals surface area contributed by atoms with E-state index in [1.807, 2.05) is 64.1 Å². The number of ether oxygens (including phenoxy) is 4. The van der Waals surface area contributed by atoms with Crippen molar-refractivity contribution in [2.24, 2.45) is 0 Å². The molecule has 24 heavy (non-hydrogen) atoms. The molecule has 4 heteroatoms. The highest BCUT2D eigenvalue weighted by molar-refractivity contribution is 5.79. The zero-order chi connectivity index (χ0) is 17.4. The maximum atomic E-state index is 5.93. The predicted molar refractivity (Wildman–Crippen MR) is 96.6 cm³/mol. The Morgan fingerprint density at radius 1 is 0.625 bits per heavy atom. The minimum Gasteiger partial charge on any atom is -0.490 e. The summed E-state index contributed by atoms with van der Waals surface area (Å²) >= 11 is 0. The van der Waals surface area contributed by atoms with Gasteiger partial charge in [-0.1, -0.05) is 30.3 Å². The summed E-state index contributed by atoms with van der Waals surface area (Å²) in [7, 11) is 0. The third kappa shape index (κ3) is 3.94. The Hall–Kier alpha value is -2.36. The average Bonchev–Trinajstić information content (AvgIpc) is 2.60. The van der Waals surface area contributed by atoms with Crippen LogP contribution >= 0.6 is 0 Å². The maximum Gasteiger partial charge on any atom is 0.208 e. The molecule has 0 aliphatic heterocycles. The van der Waals surface area contributed by atoms with Crippen molar-refractivity contribution < 1.29 is 18.9 Å². The van der Waals surface area contributed by atoms with E-state index in [4.69, 9.17) is 18.9 Å². The van der Waals surface area contributed by atoms with Gasteiger partial charge in [-0.2, -0.15) is 0 Å². The van der Waals surface area contributed by atoms with Gasteiger partial charge in [-0.15, -0.1) is 0 Å². The molecule has 2 aromatic rings. The molecule has 2 rings (SSSR count). The van der Waals surface area contributed by atoms with Gasteiger partial charge in [0.25, 0.3) is 0 Å². The zero-order valence-corrected chi connectivity index (χ0v) is 14.9. The lowest BCUT2D eigenvalue weighted by molar-refractivity contribution is 0.245. The van der Waals surface area contributed by atoms with Crippen LogP contribution in [0.3, 0.4) is 0 Å². The smallest absolute Gasteiger partial charge is 0.208 e. The van der Waals surface area contributed by atoms with Gasteiger partial charge < -0.3 is 18.9 Å². The third-order valence-electron chi connectivity index (χ3n) is 3.41. The topological polar surface area (TPSA) is 36.9 Å². The molecule has 0 spiro atoms. The van der Waals surface area contributed by atoms with Crippen LogP contribution < -0.4 is 18.9 Å². The van der Waals surface area contributed by atoms with E-state index in [1.54, 1.807) is 0 Å². The molecule has 4 nitrogen and oxygen atoms in total. The van der Waals surface area contributed by atoms with E-state index in [0.717, 1.165) is 11.1 Å².